The molecule has 34 heavy (non-hydrogen) atoms. The molecule has 0 saturated carbocycles. The van der Waals surface area contributed by atoms with Crippen molar-refractivity contribution in [2.24, 2.45) is 10.7 Å². The molecule has 1 atom stereocenters. The van der Waals surface area contributed by atoms with Crippen molar-refractivity contribution in [1.82, 2.24) is 0 Å². The molecular formula is C29H53N3O2. The molecule has 0 amide bonds. The van der Waals surface area contributed by atoms with Crippen LogP contribution in [0, 0.1) is 0 Å². The topological polar surface area (TPSA) is 78.5 Å². The van der Waals surface area contributed by atoms with Crippen LogP contribution in [0.15, 0.2) is 29.5 Å². The van der Waals surface area contributed by atoms with Gasteiger partial charge >= 0.3 is 0 Å². The molecule has 5 heteroatoms. The summed E-state index contributed by atoms with van der Waals surface area (Å²) in [5.74, 6) is -0.122. The number of unbranched alkanes of at least 4 members (excludes halogenated alkanes) is 16. The molecule has 196 valence electrons. The van der Waals surface area contributed by atoms with Crippen LogP contribution in [0.25, 0.3) is 0 Å². The first kappa shape index (κ1) is 30.6. The fraction of sp³-hybridized carbons (Fsp3) is 0.793. The normalized spacial score (nSPS) is 17.6. The summed E-state index contributed by atoms with van der Waals surface area (Å²) < 4.78 is 0.246. The molecular weight excluding hydrogens is 422 g/mol. The third kappa shape index (κ3) is 14.7. The molecule has 0 aromatic carbocycles. The SMILES string of the molecule is CCC/C=C/CCCCCCCCCCCCCCCCCC1=NC=C[N+]1(CCN)CC(=O)[O-]. The fourth-order valence-electron chi connectivity index (χ4n) is 4.87. The van der Waals surface area contributed by atoms with Gasteiger partial charge in [0.25, 0.3) is 0 Å². The Morgan fingerprint density at radius 3 is 1.85 bits per heavy atom. The molecule has 0 aromatic heterocycles. The van der Waals surface area contributed by atoms with Crippen molar-refractivity contribution in [2.75, 3.05) is 19.6 Å². The zero-order valence-corrected chi connectivity index (χ0v) is 22.2. The Morgan fingerprint density at radius 1 is 0.853 bits per heavy atom. The summed E-state index contributed by atoms with van der Waals surface area (Å²) in [5.41, 5.74) is 5.72. The van der Waals surface area contributed by atoms with Gasteiger partial charge in [-0.3, -0.25) is 0 Å². The molecule has 1 aliphatic heterocycles. The average Bonchev–Trinajstić information content (AvgIpc) is 3.19. The Morgan fingerprint density at radius 2 is 1.35 bits per heavy atom. The van der Waals surface area contributed by atoms with Crippen LogP contribution < -0.4 is 10.8 Å². The maximum absolute atomic E-state index is 11.2. The van der Waals surface area contributed by atoms with Gasteiger partial charge in [0, 0.05) is 13.0 Å². The van der Waals surface area contributed by atoms with Crippen molar-refractivity contribution in [1.29, 1.82) is 0 Å². The standard InChI is InChI=1S/C29H53N3O2/c1-2-3-4-5-6-7-8-9-10-11-12-13-14-15-16-17-18-19-20-21-22-28-31-24-26-32(28,25-23-30)27-29(33)34/h4-5,24,26H,2-3,6-23,25,27,30H2,1H3/b5-4+. The van der Waals surface area contributed by atoms with Crippen molar-refractivity contribution in [3.63, 3.8) is 0 Å². The molecule has 1 aliphatic rings. The van der Waals surface area contributed by atoms with E-state index in [0.717, 1.165) is 18.7 Å². The molecule has 0 spiro atoms. The Kier molecular flexibility index (Phi) is 18.8. The van der Waals surface area contributed by atoms with Crippen LogP contribution in [0.2, 0.25) is 0 Å². The van der Waals surface area contributed by atoms with E-state index in [4.69, 9.17) is 5.73 Å². The lowest BCUT2D eigenvalue weighted by molar-refractivity contribution is -0.780. The van der Waals surface area contributed by atoms with E-state index >= 15 is 0 Å². The third-order valence-electron chi connectivity index (χ3n) is 6.92. The number of carboxylic acids is 1. The third-order valence-corrected chi connectivity index (χ3v) is 6.92. The minimum Gasteiger partial charge on any atom is -0.544 e. The largest absolute Gasteiger partial charge is 0.544 e. The minimum atomic E-state index is -1.05. The smallest absolute Gasteiger partial charge is 0.207 e. The van der Waals surface area contributed by atoms with E-state index in [9.17, 15) is 9.90 Å². The molecule has 0 aromatic rings. The van der Waals surface area contributed by atoms with Gasteiger partial charge in [0.2, 0.25) is 5.84 Å². The van der Waals surface area contributed by atoms with Crippen molar-refractivity contribution in [3.8, 4) is 0 Å². The highest BCUT2D eigenvalue weighted by Crippen LogP contribution is 2.21. The second-order valence-corrected chi connectivity index (χ2v) is 10.0. The first-order chi connectivity index (χ1) is 16.6. The maximum atomic E-state index is 11.2. The second-order valence-electron chi connectivity index (χ2n) is 10.0. The summed E-state index contributed by atoms with van der Waals surface area (Å²) in [6.07, 6.45) is 33.0. The monoisotopic (exact) mass is 475 g/mol. The van der Waals surface area contributed by atoms with Crippen LogP contribution in [-0.2, 0) is 4.79 Å². The van der Waals surface area contributed by atoms with Gasteiger partial charge in [-0.15, -0.1) is 0 Å². The van der Waals surface area contributed by atoms with Crippen LogP contribution >= 0.6 is 0 Å². The van der Waals surface area contributed by atoms with E-state index in [2.05, 4.69) is 24.1 Å². The maximum Gasteiger partial charge on any atom is 0.207 e. The molecule has 0 saturated heterocycles. The number of amidine groups is 1. The fourth-order valence-corrected chi connectivity index (χ4v) is 4.87. The quantitative estimate of drug-likeness (QED) is 0.0999. The molecule has 1 heterocycles. The number of aliphatic imine (C=N–C) groups is 1. The summed E-state index contributed by atoms with van der Waals surface area (Å²) in [6.45, 7) is 3.18. The van der Waals surface area contributed by atoms with Crippen LogP contribution in [0.3, 0.4) is 0 Å². The zero-order chi connectivity index (χ0) is 24.7. The minimum absolute atomic E-state index is 0.0659. The Bertz CT molecular complexity index is 600. The number of aliphatic carboxylic acids is 1. The first-order valence-corrected chi connectivity index (χ1v) is 14.3. The molecule has 0 radical (unpaired) electrons. The number of allylic oxidation sites excluding steroid dienone is 2. The van der Waals surface area contributed by atoms with Gasteiger partial charge in [-0.2, -0.15) is 0 Å². The van der Waals surface area contributed by atoms with Gasteiger partial charge in [0.1, 0.15) is 19.3 Å². The highest BCUT2D eigenvalue weighted by atomic mass is 16.4. The first-order valence-electron chi connectivity index (χ1n) is 14.3. The van der Waals surface area contributed by atoms with Gasteiger partial charge in [-0.1, -0.05) is 109 Å². The van der Waals surface area contributed by atoms with Gasteiger partial charge in [0.05, 0.1) is 12.2 Å². The summed E-state index contributed by atoms with van der Waals surface area (Å²) >= 11 is 0. The van der Waals surface area contributed by atoms with Crippen LogP contribution in [0.5, 0.6) is 0 Å². The van der Waals surface area contributed by atoms with Gasteiger partial charge in [-0.05, 0) is 25.7 Å². The summed E-state index contributed by atoms with van der Waals surface area (Å²) in [4.78, 5) is 15.6. The molecule has 5 nitrogen and oxygen atoms in total. The van der Waals surface area contributed by atoms with E-state index < -0.39 is 5.97 Å². The van der Waals surface area contributed by atoms with Gasteiger partial charge < -0.3 is 15.6 Å². The van der Waals surface area contributed by atoms with E-state index in [-0.39, 0.29) is 11.0 Å². The highest BCUT2D eigenvalue weighted by molar-refractivity contribution is 5.80. The number of rotatable bonds is 24. The zero-order valence-electron chi connectivity index (χ0n) is 22.2. The Labute approximate surface area is 210 Å². The predicted octanol–water partition coefficient (Wildman–Crippen LogP) is 6.38. The van der Waals surface area contributed by atoms with Gasteiger partial charge in [0.15, 0.2) is 0 Å². The lowest BCUT2D eigenvalue weighted by Gasteiger charge is -2.32. The molecule has 0 aliphatic carbocycles. The molecule has 1 rings (SSSR count). The van der Waals surface area contributed by atoms with Crippen molar-refractivity contribution in [3.05, 3.63) is 24.6 Å². The average molecular weight is 476 g/mol. The number of carbonyl (C=O) groups is 1. The summed E-state index contributed by atoms with van der Waals surface area (Å²) in [5, 5.41) is 11.2. The molecule has 0 fully saturated rings. The van der Waals surface area contributed by atoms with Crippen LogP contribution in [0.1, 0.15) is 129 Å². The van der Waals surface area contributed by atoms with Crippen LogP contribution in [-0.4, -0.2) is 35.9 Å². The summed E-state index contributed by atoms with van der Waals surface area (Å²) in [7, 11) is 0. The number of carbonyl (C=O) groups excluding carboxylic acids is 1. The lowest BCUT2D eigenvalue weighted by atomic mass is 10.0. The van der Waals surface area contributed by atoms with E-state index in [0.29, 0.717) is 13.1 Å². The number of hydrogen-bond donors (Lipinski definition) is 1. The number of quaternary nitrogens is 1. The van der Waals surface area contributed by atoms with Crippen molar-refractivity contribution < 1.29 is 14.4 Å². The van der Waals surface area contributed by atoms with Gasteiger partial charge in [-0.25, -0.2) is 9.48 Å². The highest BCUT2D eigenvalue weighted by Gasteiger charge is 2.34. The number of carboxylic acid groups (broad SMARTS) is 1. The predicted molar refractivity (Wildman–Crippen MR) is 143 cm³/mol. The van der Waals surface area contributed by atoms with E-state index in [1.54, 1.807) is 6.20 Å². The molecule has 1 unspecified atom stereocenters. The van der Waals surface area contributed by atoms with E-state index in [1.165, 1.54) is 109 Å². The van der Waals surface area contributed by atoms with E-state index in [1.807, 2.05) is 6.20 Å². The van der Waals surface area contributed by atoms with Crippen molar-refractivity contribution in [2.45, 2.75) is 129 Å². The number of hydrogen-bond acceptors (Lipinski definition) is 4. The number of nitrogens with two attached hydrogens (primary N) is 1. The second kappa shape index (κ2) is 20.9. The number of nitrogens with zero attached hydrogens (tertiary/aromatic N) is 2. The lowest BCUT2D eigenvalue weighted by Crippen LogP contribution is -2.55. The Balaban J connectivity index is 1.88. The Hall–Kier alpha value is -1.46. The molecule has 0 bridgehead atoms. The summed E-state index contributed by atoms with van der Waals surface area (Å²) in [6, 6.07) is 0. The van der Waals surface area contributed by atoms with Crippen molar-refractivity contribution >= 4 is 11.8 Å². The molecule has 2 N–H and O–H groups in total. The van der Waals surface area contributed by atoms with Crippen LogP contribution in [0.4, 0.5) is 0 Å².